The molecule has 1 N–H and O–H groups in total. The molecule has 0 unspecified atom stereocenters. The largest absolute Gasteiger partial charge is 0.403 e. The first-order valence-corrected chi connectivity index (χ1v) is 10.4. The Morgan fingerprint density at radius 1 is 1.00 bits per heavy atom. The molecule has 0 aliphatic rings. The third-order valence-corrected chi connectivity index (χ3v) is 5.45. The van der Waals surface area contributed by atoms with Crippen LogP contribution in [0.4, 0.5) is 11.7 Å². The summed E-state index contributed by atoms with van der Waals surface area (Å²) in [4.78, 5) is 23.3. The van der Waals surface area contributed by atoms with Crippen LogP contribution in [-0.4, -0.2) is 44.6 Å². The molecule has 0 aliphatic heterocycles. The highest BCUT2D eigenvalue weighted by Crippen LogP contribution is 2.26. The van der Waals surface area contributed by atoms with Crippen molar-refractivity contribution in [2.24, 2.45) is 0 Å². The Morgan fingerprint density at radius 3 is 2.42 bits per heavy atom. The number of fused-ring (bicyclic) bond motifs is 1. The molecule has 0 saturated carbocycles. The lowest BCUT2D eigenvalue weighted by atomic mass is 10.1. The van der Waals surface area contributed by atoms with Gasteiger partial charge < -0.3 is 14.6 Å². The number of halogens is 1. The molecule has 0 spiro atoms. The lowest BCUT2D eigenvalue weighted by molar-refractivity contribution is 0.0988. The Kier molecular flexibility index (Phi) is 5.23. The number of carbonyl (C=O) groups is 1. The van der Waals surface area contributed by atoms with E-state index < -0.39 is 0 Å². The van der Waals surface area contributed by atoms with Crippen LogP contribution in [0.25, 0.3) is 28.4 Å². The zero-order valence-corrected chi connectivity index (χ0v) is 18.5. The number of imidazole rings is 1. The van der Waals surface area contributed by atoms with E-state index in [2.05, 4.69) is 25.5 Å². The lowest BCUT2D eigenvalue weighted by Crippen LogP contribution is -2.27. The fraction of sp³-hybridized carbons (Fsp3) is 0.0870. The van der Waals surface area contributed by atoms with E-state index in [9.17, 15) is 4.79 Å². The van der Waals surface area contributed by atoms with Crippen LogP contribution in [0.3, 0.4) is 0 Å². The van der Waals surface area contributed by atoms with Crippen molar-refractivity contribution >= 4 is 34.9 Å². The summed E-state index contributed by atoms with van der Waals surface area (Å²) in [7, 11) is 3.41. The molecule has 0 aliphatic carbocycles. The van der Waals surface area contributed by atoms with Gasteiger partial charge in [0.1, 0.15) is 5.69 Å². The van der Waals surface area contributed by atoms with Crippen LogP contribution in [0.1, 0.15) is 10.5 Å². The summed E-state index contributed by atoms with van der Waals surface area (Å²) in [6, 6.07) is 15.0. The van der Waals surface area contributed by atoms with E-state index in [0.717, 1.165) is 22.5 Å². The van der Waals surface area contributed by atoms with Crippen LogP contribution < -0.4 is 10.2 Å². The van der Waals surface area contributed by atoms with E-state index in [1.54, 1.807) is 57.0 Å². The minimum Gasteiger partial charge on any atom is -0.403 e. The quantitative estimate of drug-likeness (QED) is 0.415. The van der Waals surface area contributed by atoms with Crippen LogP contribution in [0.15, 0.2) is 71.5 Å². The molecule has 5 aromatic rings. The van der Waals surface area contributed by atoms with Gasteiger partial charge in [-0.1, -0.05) is 28.8 Å². The van der Waals surface area contributed by atoms with E-state index >= 15 is 0 Å². The van der Waals surface area contributed by atoms with Gasteiger partial charge in [0.05, 0.1) is 18.1 Å². The Balaban J connectivity index is 1.45. The van der Waals surface area contributed by atoms with Crippen molar-refractivity contribution in [2.45, 2.75) is 0 Å². The van der Waals surface area contributed by atoms with Gasteiger partial charge in [0.25, 0.3) is 5.91 Å². The number of nitrogens with zero attached hydrogens (tertiary/aromatic N) is 6. The van der Waals surface area contributed by atoms with Crippen LogP contribution in [0.2, 0.25) is 5.02 Å². The average Bonchev–Trinajstić information content (AvgIpc) is 3.50. The summed E-state index contributed by atoms with van der Waals surface area (Å²) in [5.74, 6) is 0.178. The maximum Gasteiger partial charge on any atom is 0.315 e. The van der Waals surface area contributed by atoms with E-state index in [-0.39, 0.29) is 5.91 Å². The van der Waals surface area contributed by atoms with Crippen LogP contribution in [-0.2, 0) is 0 Å². The second-order valence-electron chi connectivity index (χ2n) is 7.22. The summed E-state index contributed by atoms with van der Waals surface area (Å²) < 4.78 is 7.36. The van der Waals surface area contributed by atoms with Crippen molar-refractivity contribution in [1.29, 1.82) is 0 Å². The number of nitrogens with one attached hydrogen (secondary N) is 1. The van der Waals surface area contributed by atoms with Gasteiger partial charge in [-0.15, -0.1) is 5.10 Å². The molecule has 10 heteroatoms. The number of amides is 1. The highest BCUT2D eigenvalue weighted by molar-refractivity contribution is 6.30. The highest BCUT2D eigenvalue weighted by atomic mass is 35.5. The number of aromatic nitrogens is 5. The SMILES string of the molecule is CNc1nnc(-c2ccc(-c3cnc4cnc(C(=O)N(C)c5ccc(Cl)cc5)cn34)cc2)o1. The lowest BCUT2D eigenvalue weighted by Gasteiger charge is -2.17. The normalized spacial score (nSPS) is 11.0. The van der Waals surface area contributed by atoms with Gasteiger partial charge in [0.2, 0.25) is 5.89 Å². The zero-order valence-electron chi connectivity index (χ0n) is 17.7. The predicted octanol–water partition coefficient (Wildman–Crippen LogP) is 4.42. The van der Waals surface area contributed by atoms with Crippen molar-refractivity contribution in [2.75, 3.05) is 24.3 Å². The molecule has 3 heterocycles. The Bertz CT molecular complexity index is 1440. The molecule has 0 radical (unpaired) electrons. The van der Waals surface area contributed by atoms with Crippen molar-refractivity contribution in [3.05, 3.63) is 77.8 Å². The van der Waals surface area contributed by atoms with Gasteiger partial charge in [0.15, 0.2) is 5.65 Å². The van der Waals surface area contributed by atoms with Crippen molar-refractivity contribution in [3.8, 4) is 22.7 Å². The second-order valence-corrected chi connectivity index (χ2v) is 7.66. The second kappa shape index (κ2) is 8.36. The molecular formula is C23H18ClN7O2. The molecule has 164 valence electrons. The molecule has 0 fully saturated rings. The fourth-order valence-electron chi connectivity index (χ4n) is 3.39. The highest BCUT2D eigenvalue weighted by Gasteiger charge is 2.17. The minimum absolute atomic E-state index is 0.244. The van der Waals surface area contributed by atoms with Gasteiger partial charge in [-0.25, -0.2) is 9.97 Å². The van der Waals surface area contributed by atoms with Crippen LogP contribution in [0.5, 0.6) is 0 Å². The van der Waals surface area contributed by atoms with Crippen molar-refractivity contribution < 1.29 is 9.21 Å². The maximum atomic E-state index is 13.0. The van der Waals surface area contributed by atoms with E-state index in [0.29, 0.717) is 28.3 Å². The third kappa shape index (κ3) is 3.90. The molecule has 0 bridgehead atoms. The van der Waals surface area contributed by atoms with Crippen molar-refractivity contribution in [1.82, 2.24) is 24.6 Å². The van der Waals surface area contributed by atoms with Gasteiger partial charge in [-0.2, -0.15) is 0 Å². The first-order valence-electron chi connectivity index (χ1n) is 10.0. The number of rotatable bonds is 5. The Hall–Kier alpha value is -4.24. The number of benzene rings is 2. The first-order chi connectivity index (χ1) is 16.0. The number of carbonyl (C=O) groups excluding carboxylic acids is 1. The van der Waals surface area contributed by atoms with E-state index in [1.807, 2.05) is 28.7 Å². The topological polar surface area (TPSA) is 101 Å². The molecule has 1 amide bonds. The average molecular weight is 460 g/mol. The predicted molar refractivity (Wildman–Crippen MR) is 125 cm³/mol. The number of hydrogen-bond acceptors (Lipinski definition) is 7. The summed E-state index contributed by atoms with van der Waals surface area (Å²) in [6.07, 6.45) is 5.02. The molecule has 3 aromatic heterocycles. The number of hydrogen-bond donors (Lipinski definition) is 1. The van der Waals surface area contributed by atoms with Crippen molar-refractivity contribution in [3.63, 3.8) is 0 Å². The molecule has 5 rings (SSSR count). The molecule has 9 nitrogen and oxygen atoms in total. The van der Waals surface area contributed by atoms with Crippen LogP contribution >= 0.6 is 11.6 Å². The van der Waals surface area contributed by atoms with E-state index in [4.69, 9.17) is 16.0 Å². The third-order valence-electron chi connectivity index (χ3n) is 5.20. The van der Waals surface area contributed by atoms with Crippen LogP contribution in [0, 0.1) is 0 Å². The fourth-order valence-corrected chi connectivity index (χ4v) is 3.52. The van der Waals surface area contributed by atoms with Gasteiger partial charge in [0, 0.05) is 42.1 Å². The summed E-state index contributed by atoms with van der Waals surface area (Å²) >= 11 is 5.95. The van der Waals surface area contributed by atoms with Gasteiger partial charge in [-0.3, -0.25) is 9.20 Å². The van der Waals surface area contributed by atoms with E-state index in [1.165, 1.54) is 4.90 Å². The first kappa shape index (κ1) is 20.7. The summed E-state index contributed by atoms with van der Waals surface area (Å²) in [5, 5.41) is 11.3. The molecular weight excluding hydrogens is 442 g/mol. The monoisotopic (exact) mass is 459 g/mol. The molecule has 2 aromatic carbocycles. The minimum atomic E-state index is -0.244. The summed E-state index contributed by atoms with van der Waals surface area (Å²) in [6.45, 7) is 0. The number of anilines is 2. The Morgan fingerprint density at radius 2 is 1.73 bits per heavy atom. The smallest absolute Gasteiger partial charge is 0.315 e. The molecule has 33 heavy (non-hydrogen) atoms. The van der Waals surface area contributed by atoms with Gasteiger partial charge >= 0.3 is 6.01 Å². The zero-order chi connectivity index (χ0) is 22.9. The van der Waals surface area contributed by atoms with Gasteiger partial charge in [-0.05, 0) is 36.4 Å². The molecule has 0 saturated heterocycles. The summed E-state index contributed by atoms with van der Waals surface area (Å²) in [5.41, 5.74) is 4.18. The Labute approximate surface area is 193 Å². The molecule has 0 atom stereocenters. The standard InChI is InChI=1S/C23H18ClN7O2/c1-25-23-29-28-21(33-23)15-5-3-14(4-6-15)19-11-27-20-12-26-18(13-31(19)20)22(32)30(2)17-9-7-16(24)8-10-17/h3-13H,1-2H3,(H,25,29). The maximum absolute atomic E-state index is 13.0.